The fourth-order valence-electron chi connectivity index (χ4n) is 2.49. The van der Waals surface area contributed by atoms with Crippen LogP contribution in [0.5, 0.6) is 11.5 Å². The van der Waals surface area contributed by atoms with Crippen LogP contribution in [0.4, 0.5) is 0 Å². The second-order valence-corrected chi connectivity index (χ2v) is 5.20. The van der Waals surface area contributed by atoms with Crippen molar-refractivity contribution in [3.05, 3.63) is 36.2 Å². The van der Waals surface area contributed by atoms with Crippen molar-refractivity contribution >= 4 is 11.0 Å². The lowest BCUT2D eigenvalue weighted by Gasteiger charge is -2.05. The molecule has 106 valence electrons. The Bertz CT molecular complexity index is 767. The molecular weight excluding hydrogens is 266 g/mol. The number of rotatable bonds is 1. The van der Waals surface area contributed by atoms with E-state index in [-0.39, 0.29) is 0 Å². The highest BCUT2D eigenvalue weighted by atomic mass is 16.5. The summed E-state index contributed by atoms with van der Waals surface area (Å²) in [5.74, 6) is 2.35. The summed E-state index contributed by atoms with van der Waals surface area (Å²) in [7, 11) is 0. The Hall–Kier alpha value is -2.56. The van der Waals surface area contributed by atoms with Crippen molar-refractivity contribution in [3.8, 4) is 22.9 Å². The minimum atomic E-state index is 0.678. The molecule has 1 aromatic carbocycles. The van der Waals surface area contributed by atoms with Gasteiger partial charge in [-0.1, -0.05) is 0 Å². The number of nitrogens with zero attached hydrogens (tertiary/aromatic N) is 2. The van der Waals surface area contributed by atoms with Crippen LogP contribution in [-0.4, -0.2) is 28.2 Å². The van der Waals surface area contributed by atoms with Crippen LogP contribution in [0.1, 0.15) is 12.0 Å². The van der Waals surface area contributed by atoms with E-state index >= 15 is 0 Å². The maximum atomic E-state index is 5.71. The van der Waals surface area contributed by atoms with Crippen molar-refractivity contribution < 1.29 is 9.47 Å². The first kappa shape index (κ1) is 12.2. The number of hydrogen-bond donors (Lipinski definition) is 1. The van der Waals surface area contributed by atoms with E-state index in [1.807, 2.05) is 31.5 Å². The Labute approximate surface area is 121 Å². The summed E-state index contributed by atoms with van der Waals surface area (Å²) in [6, 6.07) is 5.94. The van der Waals surface area contributed by atoms with Crippen molar-refractivity contribution in [3.63, 3.8) is 0 Å². The molecule has 5 heteroatoms. The summed E-state index contributed by atoms with van der Waals surface area (Å²) in [5.41, 5.74) is 3.89. The van der Waals surface area contributed by atoms with Crippen LogP contribution in [0.3, 0.4) is 0 Å². The number of aryl methyl sites for hydroxylation is 1. The van der Waals surface area contributed by atoms with Gasteiger partial charge in [0.25, 0.3) is 0 Å². The third-order valence-corrected chi connectivity index (χ3v) is 3.50. The third kappa shape index (κ3) is 2.20. The smallest absolute Gasteiger partial charge is 0.163 e. The number of benzene rings is 1. The summed E-state index contributed by atoms with van der Waals surface area (Å²) < 4.78 is 11.4. The van der Waals surface area contributed by atoms with E-state index in [0.717, 1.165) is 45.9 Å². The van der Waals surface area contributed by atoms with Gasteiger partial charge in [-0.15, -0.1) is 0 Å². The molecule has 1 aliphatic heterocycles. The van der Waals surface area contributed by atoms with E-state index in [2.05, 4.69) is 21.0 Å². The number of aromatic nitrogens is 3. The molecule has 1 N–H and O–H groups in total. The molecule has 0 bridgehead atoms. The first-order chi connectivity index (χ1) is 10.3. The molecular formula is C16H15N3O2. The summed E-state index contributed by atoms with van der Waals surface area (Å²) >= 11 is 0. The molecule has 3 aromatic rings. The Balaban J connectivity index is 1.83. The van der Waals surface area contributed by atoms with Gasteiger partial charge in [0.05, 0.1) is 24.2 Å². The van der Waals surface area contributed by atoms with Gasteiger partial charge >= 0.3 is 0 Å². The zero-order chi connectivity index (χ0) is 14.2. The highest BCUT2D eigenvalue weighted by molar-refractivity contribution is 5.83. The quantitative estimate of drug-likeness (QED) is 0.744. The van der Waals surface area contributed by atoms with Gasteiger partial charge in [0.1, 0.15) is 5.82 Å². The molecule has 0 saturated heterocycles. The number of hydrogen-bond acceptors (Lipinski definition) is 4. The number of fused-ring (bicyclic) bond motifs is 2. The Morgan fingerprint density at radius 2 is 1.86 bits per heavy atom. The lowest BCUT2D eigenvalue weighted by atomic mass is 10.2. The van der Waals surface area contributed by atoms with Gasteiger partial charge in [-0.05, 0) is 18.6 Å². The second-order valence-electron chi connectivity index (χ2n) is 5.20. The van der Waals surface area contributed by atoms with Crippen LogP contribution < -0.4 is 9.47 Å². The number of ether oxygens (including phenoxy) is 2. The maximum Gasteiger partial charge on any atom is 0.163 e. The fourth-order valence-corrected chi connectivity index (χ4v) is 2.49. The molecule has 5 nitrogen and oxygen atoms in total. The van der Waals surface area contributed by atoms with Crippen LogP contribution in [-0.2, 0) is 0 Å². The molecule has 4 rings (SSSR count). The van der Waals surface area contributed by atoms with Gasteiger partial charge in [0.15, 0.2) is 11.5 Å². The average molecular weight is 281 g/mol. The van der Waals surface area contributed by atoms with Gasteiger partial charge in [-0.25, -0.2) is 4.98 Å². The highest BCUT2D eigenvalue weighted by Crippen LogP contribution is 2.34. The molecule has 0 fully saturated rings. The zero-order valence-electron chi connectivity index (χ0n) is 11.7. The number of nitrogens with one attached hydrogen (secondary N) is 1. The van der Waals surface area contributed by atoms with Crippen LogP contribution in [0.25, 0.3) is 22.4 Å². The number of imidazole rings is 1. The molecule has 21 heavy (non-hydrogen) atoms. The SMILES string of the molecule is Cc1cncc(-c2nc3cc4c(cc3[nH]2)OCCCO4)c1. The maximum absolute atomic E-state index is 5.71. The molecule has 0 radical (unpaired) electrons. The molecule has 0 aliphatic carbocycles. The topological polar surface area (TPSA) is 60.0 Å². The van der Waals surface area contributed by atoms with Crippen molar-refractivity contribution in [2.75, 3.05) is 13.2 Å². The van der Waals surface area contributed by atoms with Gasteiger partial charge < -0.3 is 14.5 Å². The normalized spacial score (nSPS) is 14.1. The minimum absolute atomic E-state index is 0.678. The lowest BCUT2D eigenvalue weighted by Crippen LogP contribution is -1.97. The van der Waals surface area contributed by atoms with Gasteiger partial charge in [0.2, 0.25) is 0 Å². The summed E-state index contributed by atoms with van der Waals surface area (Å²) in [4.78, 5) is 12.2. The zero-order valence-corrected chi connectivity index (χ0v) is 11.7. The van der Waals surface area contributed by atoms with E-state index < -0.39 is 0 Å². The molecule has 1 aliphatic rings. The predicted octanol–water partition coefficient (Wildman–Crippen LogP) is 3.09. The predicted molar refractivity (Wildman–Crippen MR) is 79.7 cm³/mol. The van der Waals surface area contributed by atoms with Crippen LogP contribution in [0.15, 0.2) is 30.6 Å². The highest BCUT2D eigenvalue weighted by Gasteiger charge is 2.14. The van der Waals surface area contributed by atoms with Crippen LogP contribution >= 0.6 is 0 Å². The number of H-pyrrole nitrogens is 1. The summed E-state index contributed by atoms with van der Waals surface area (Å²) in [6.45, 7) is 3.38. The second kappa shape index (κ2) is 4.77. The minimum Gasteiger partial charge on any atom is -0.489 e. The van der Waals surface area contributed by atoms with Crippen molar-refractivity contribution in [1.82, 2.24) is 15.0 Å². The average Bonchev–Trinajstić information content (AvgIpc) is 2.76. The van der Waals surface area contributed by atoms with Crippen molar-refractivity contribution in [2.45, 2.75) is 13.3 Å². The Kier molecular flexibility index (Phi) is 2.77. The van der Waals surface area contributed by atoms with E-state index in [1.54, 1.807) is 0 Å². The van der Waals surface area contributed by atoms with E-state index in [1.165, 1.54) is 0 Å². The first-order valence-electron chi connectivity index (χ1n) is 7.01. The molecule has 0 atom stereocenters. The molecule has 0 amide bonds. The van der Waals surface area contributed by atoms with E-state index in [9.17, 15) is 0 Å². The molecule has 0 saturated carbocycles. The van der Waals surface area contributed by atoms with Crippen LogP contribution in [0.2, 0.25) is 0 Å². The number of pyridine rings is 1. The van der Waals surface area contributed by atoms with Gasteiger partial charge in [-0.3, -0.25) is 4.98 Å². The Morgan fingerprint density at radius 1 is 1.05 bits per heavy atom. The van der Waals surface area contributed by atoms with E-state index in [4.69, 9.17) is 9.47 Å². The Morgan fingerprint density at radius 3 is 2.67 bits per heavy atom. The van der Waals surface area contributed by atoms with Crippen LogP contribution in [0, 0.1) is 6.92 Å². The number of aromatic amines is 1. The third-order valence-electron chi connectivity index (χ3n) is 3.50. The lowest BCUT2D eigenvalue weighted by molar-refractivity contribution is 0.297. The molecule has 2 aromatic heterocycles. The fraction of sp³-hybridized carbons (Fsp3) is 0.250. The van der Waals surface area contributed by atoms with Crippen molar-refractivity contribution in [2.24, 2.45) is 0 Å². The van der Waals surface area contributed by atoms with Gasteiger partial charge in [0, 0.05) is 36.5 Å². The van der Waals surface area contributed by atoms with Gasteiger partial charge in [-0.2, -0.15) is 0 Å². The van der Waals surface area contributed by atoms with Crippen molar-refractivity contribution in [1.29, 1.82) is 0 Å². The standard InChI is InChI=1S/C16H15N3O2/c1-10-5-11(9-17-8-10)16-18-12-6-14-15(7-13(12)19-16)21-4-2-3-20-14/h5-9H,2-4H2,1H3,(H,18,19). The molecule has 0 spiro atoms. The summed E-state index contributed by atoms with van der Waals surface area (Å²) in [5, 5.41) is 0. The largest absolute Gasteiger partial charge is 0.489 e. The first-order valence-corrected chi connectivity index (χ1v) is 7.01. The molecule has 3 heterocycles. The monoisotopic (exact) mass is 281 g/mol. The molecule has 0 unspecified atom stereocenters. The van der Waals surface area contributed by atoms with E-state index in [0.29, 0.717) is 13.2 Å². The summed E-state index contributed by atoms with van der Waals surface area (Å²) in [6.07, 6.45) is 4.54.